The largest absolute Gasteiger partial charge is 0.494 e. The molecule has 4 aliphatic rings. The van der Waals surface area contributed by atoms with Gasteiger partial charge < -0.3 is 15.4 Å². The molecule has 8 heteroatoms. The summed E-state index contributed by atoms with van der Waals surface area (Å²) < 4.78 is 20.7. The number of ether oxygens (including phenoxy) is 1. The molecule has 2 fully saturated rings. The van der Waals surface area contributed by atoms with Crippen molar-refractivity contribution < 1.29 is 23.5 Å². The van der Waals surface area contributed by atoms with Crippen molar-refractivity contribution in [2.24, 2.45) is 5.92 Å². The first kappa shape index (κ1) is 24.0. The lowest BCUT2D eigenvalue weighted by Crippen LogP contribution is -2.62. The molecule has 3 aromatic carbocycles. The van der Waals surface area contributed by atoms with Gasteiger partial charge in [-0.05, 0) is 67.8 Å². The Kier molecular flexibility index (Phi) is 5.23. The van der Waals surface area contributed by atoms with Crippen molar-refractivity contribution in [1.29, 1.82) is 0 Å². The van der Waals surface area contributed by atoms with Gasteiger partial charge in [0.2, 0.25) is 5.91 Å². The van der Waals surface area contributed by atoms with Gasteiger partial charge in [0.25, 0.3) is 5.91 Å². The van der Waals surface area contributed by atoms with Crippen LogP contribution in [-0.4, -0.2) is 41.7 Å². The Morgan fingerprint density at radius 1 is 1.00 bits per heavy atom. The fourth-order valence-electron chi connectivity index (χ4n) is 7.69. The van der Waals surface area contributed by atoms with Gasteiger partial charge in [-0.1, -0.05) is 37.3 Å². The van der Waals surface area contributed by atoms with Gasteiger partial charge in [-0.2, -0.15) is 0 Å². The Morgan fingerprint density at radius 3 is 2.64 bits per heavy atom. The third-order valence-electron chi connectivity index (χ3n) is 8.93. The molecule has 2 N–H and O–H groups in total. The smallest absolute Gasteiger partial charge is 0.251 e. The summed E-state index contributed by atoms with van der Waals surface area (Å²) in [6, 6.07) is 18.1. The number of rotatable bonds is 5. The lowest BCUT2D eigenvalue weighted by molar-refractivity contribution is -0.137. The predicted molar refractivity (Wildman–Crippen MR) is 143 cm³/mol. The zero-order valence-electron chi connectivity index (χ0n) is 21.5. The second kappa shape index (κ2) is 8.48. The molecule has 2 spiro atoms. The molecule has 2 amide bonds. The highest BCUT2D eigenvalue weighted by Crippen LogP contribution is 2.67. The molecule has 0 radical (unpaired) electrons. The SMILES string of the molecule is CCCOc1cccc(C(=O)C2C3CCCN3C3(C(=O)Nc4ccc(F)cc43)C23C(=O)Nc2ccccc23)c1. The number of carbonyl (C=O) groups excluding carboxylic acids is 3. The van der Waals surface area contributed by atoms with Gasteiger partial charge in [0.05, 0.1) is 12.5 Å². The number of carbonyl (C=O) groups is 3. The summed E-state index contributed by atoms with van der Waals surface area (Å²) in [4.78, 5) is 45.5. The molecular weight excluding hydrogens is 497 g/mol. The maximum Gasteiger partial charge on any atom is 0.251 e. The lowest BCUT2D eigenvalue weighted by atomic mass is 9.57. The van der Waals surface area contributed by atoms with Gasteiger partial charge in [-0.15, -0.1) is 0 Å². The molecule has 3 aromatic rings. The number of fused-ring (bicyclic) bond motifs is 7. The van der Waals surface area contributed by atoms with Crippen molar-refractivity contribution in [1.82, 2.24) is 4.90 Å². The molecule has 7 rings (SSSR count). The number of nitrogens with one attached hydrogen (secondary N) is 2. The summed E-state index contributed by atoms with van der Waals surface area (Å²) >= 11 is 0. The molecule has 0 bridgehead atoms. The molecular formula is C31H28FN3O4. The molecule has 0 saturated carbocycles. The van der Waals surface area contributed by atoms with E-state index in [0.29, 0.717) is 53.4 Å². The van der Waals surface area contributed by atoms with Crippen LogP contribution in [0.25, 0.3) is 0 Å². The van der Waals surface area contributed by atoms with Crippen molar-refractivity contribution >= 4 is 29.0 Å². The fourth-order valence-corrected chi connectivity index (χ4v) is 7.69. The molecule has 2 saturated heterocycles. The number of hydrogen-bond acceptors (Lipinski definition) is 5. The van der Waals surface area contributed by atoms with Crippen LogP contribution in [0, 0.1) is 11.7 Å². The van der Waals surface area contributed by atoms with E-state index in [1.54, 1.807) is 36.4 Å². The minimum absolute atomic E-state index is 0.227. The molecule has 7 nitrogen and oxygen atoms in total. The van der Waals surface area contributed by atoms with Crippen LogP contribution in [0.2, 0.25) is 0 Å². The average molecular weight is 526 g/mol. The minimum Gasteiger partial charge on any atom is -0.494 e. The highest BCUT2D eigenvalue weighted by atomic mass is 19.1. The van der Waals surface area contributed by atoms with E-state index in [9.17, 15) is 18.8 Å². The van der Waals surface area contributed by atoms with Gasteiger partial charge >= 0.3 is 0 Å². The number of amides is 2. The average Bonchev–Trinajstić information content (AvgIpc) is 3.66. The summed E-state index contributed by atoms with van der Waals surface area (Å²) in [7, 11) is 0. The van der Waals surface area contributed by atoms with Crippen LogP contribution in [-0.2, 0) is 20.5 Å². The lowest BCUT2D eigenvalue weighted by Gasteiger charge is -2.43. The van der Waals surface area contributed by atoms with Gasteiger partial charge in [0, 0.05) is 28.5 Å². The molecule has 198 valence electrons. The van der Waals surface area contributed by atoms with Crippen LogP contribution in [0.4, 0.5) is 15.8 Å². The standard InChI is InChI=1S/C31H28FN3O4/c1-2-15-39-20-8-5-7-18(16-20)27(36)26-25-11-6-14-35(25)31(22-17-19(32)12-13-24(22)34-29(31)38)30(26)21-9-3-4-10-23(21)33-28(30)37/h3-5,7-10,12-13,16-17,25-26H,2,6,11,14-15H2,1H3,(H,33,37)(H,34,38). The molecule has 4 unspecified atom stereocenters. The minimum atomic E-state index is -1.60. The second-order valence-electron chi connectivity index (χ2n) is 10.8. The van der Waals surface area contributed by atoms with Crippen molar-refractivity contribution in [3.8, 4) is 5.75 Å². The molecule has 0 aromatic heterocycles. The van der Waals surface area contributed by atoms with E-state index in [2.05, 4.69) is 10.6 Å². The highest BCUT2D eigenvalue weighted by Gasteiger charge is 2.81. The number of nitrogens with zero attached hydrogens (tertiary/aromatic N) is 1. The maximum atomic E-state index is 14.9. The van der Waals surface area contributed by atoms with Crippen LogP contribution >= 0.6 is 0 Å². The zero-order chi connectivity index (χ0) is 26.9. The summed E-state index contributed by atoms with van der Waals surface area (Å²) in [5.41, 5.74) is -0.735. The van der Waals surface area contributed by atoms with Crippen molar-refractivity contribution in [2.75, 3.05) is 23.8 Å². The summed E-state index contributed by atoms with van der Waals surface area (Å²) in [6.07, 6.45) is 2.22. The van der Waals surface area contributed by atoms with E-state index in [0.717, 1.165) is 12.8 Å². The molecule has 4 atom stereocenters. The number of anilines is 2. The fraction of sp³-hybridized carbons (Fsp3) is 0.323. The van der Waals surface area contributed by atoms with Gasteiger partial charge in [0.15, 0.2) is 5.78 Å². The van der Waals surface area contributed by atoms with E-state index in [-0.39, 0.29) is 5.78 Å². The van der Waals surface area contributed by atoms with Gasteiger partial charge in [-0.3, -0.25) is 19.3 Å². The highest BCUT2D eigenvalue weighted by molar-refractivity contribution is 6.21. The summed E-state index contributed by atoms with van der Waals surface area (Å²) in [6.45, 7) is 3.03. The van der Waals surface area contributed by atoms with Crippen LogP contribution in [0.3, 0.4) is 0 Å². The van der Waals surface area contributed by atoms with Crippen molar-refractivity contribution in [3.05, 3.63) is 89.2 Å². The van der Waals surface area contributed by atoms with Crippen molar-refractivity contribution in [3.63, 3.8) is 0 Å². The Morgan fingerprint density at radius 2 is 1.79 bits per heavy atom. The van der Waals surface area contributed by atoms with E-state index in [1.165, 1.54) is 12.1 Å². The predicted octanol–water partition coefficient (Wildman–Crippen LogP) is 4.63. The number of para-hydroxylation sites is 1. The summed E-state index contributed by atoms with van der Waals surface area (Å²) in [5.74, 6) is -1.85. The molecule has 4 aliphatic heterocycles. The van der Waals surface area contributed by atoms with Crippen LogP contribution < -0.4 is 15.4 Å². The number of Topliss-reactive ketones (excluding diaryl/α,β-unsaturated/α-hetero) is 1. The van der Waals surface area contributed by atoms with Crippen LogP contribution in [0.1, 0.15) is 47.7 Å². The van der Waals surface area contributed by atoms with Crippen molar-refractivity contribution in [2.45, 2.75) is 43.2 Å². The maximum absolute atomic E-state index is 14.9. The third kappa shape index (κ3) is 2.92. The first-order valence-corrected chi connectivity index (χ1v) is 13.5. The van der Waals surface area contributed by atoms with E-state index in [1.807, 2.05) is 30.0 Å². The Balaban J connectivity index is 1.52. The topological polar surface area (TPSA) is 87.7 Å². The van der Waals surface area contributed by atoms with Gasteiger partial charge in [-0.25, -0.2) is 4.39 Å². The van der Waals surface area contributed by atoms with Gasteiger partial charge in [0.1, 0.15) is 22.5 Å². The number of hydrogen-bond donors (Lipinski definition) is 2. The Bertz CT molecular complexity index is 1560. The number of benzene rings is 3. The quantitative estimate of drug-likeness (QED) is 0.475. The molecule has 0 aliphatic carbocycles. The van der Waals surface area contributed by atoms with Crippen LogP contribution in [0.15, 0.2) is 66.7 Å². The Labute approximate surface area is 225 Å². The summed E-state index contributed by atoms with van der Waals surface area (Å²) in [5, 5.41) is 5.94. The van der Waals surface area contributed by atoms with E-state index >= 15 is 0 Å². The molecule has 39 heavy (non-hydrogen) atoms. The number of ketones is 1. The second-order valence-corrected chi connectivity index (χ2v) is 10.8. The first-order valence-electron chi connectivity index (χ1n) is 13.5. The number of halogens is 1. The zero-order valence-corrected chi connectivity index (χ0v) is 21.5. The molecule has 4 heterocycles. The van der Waals surface area contributed by atoms with Crippen LogP contribution in [0.5, 0.6) is 5.75 Å². The first-order chi connectivity index (χ1) is 18.9. The Hall–Kier alpha value is -4.04. The van der Waals surface area contributed by atoms with E-state index < -0.39 is 40.5 Å². The third-order valence-corrected chi connectivity index (χ3v) is 8.93. The normalized spacial score (nSPS) is 28.4. The monoisotopic (exact) mass is 525 g/mol. The van der Waals surface area contributed by atoms with E-state index in [4.69, 9.17) is 4.74 Å².